The molecule has 2 aromatic rings. The van der Waals surface area contributed by atoms with Gasteiger partial charge in [0.1, 0.15) is 5.75 Å². The van der Waals surface area contributed by atoms with E-state index in [9.17, 15) is 14.7 Å². The predicted molar refractivity (Wildman–Crippen MR) is 88.6 cm³/mol. The van der Waals surface area contributed by atoms with Crippen LogP contribution in [-0.2, 0) is 4.79 Å². The monoisotopic (exact) mass is 329 g/mol. The Morgan fingerprint density at radius 2 is 1.74 bits per heavy atom. The molecule has 4 nitrogen and oxygen atoms in total. The second kappa shape index (κ2) is 8.39. The fourth-order valence-corrected chi connectivity index (χ4v) is 3.13. The summed E-state index contributed by atoms with van der Waals surface area (Å²) in [6.45, 7) is 0. The molecule has 23 heavy (non-hydrogen) atoms. The molecule has 0 N–H and O–H groups in total. The summed E-state index contributed by atoms with van der Waals surface area (Å²) < 4.78 is 5.12. The highest BCUT2D eigenvalue weighted by Gasteiger charge is 2.18. The Bertz CT molecular complexity index is 652. The Kier molecular flexibility index (Phi) is 6.23. The van der Waals surface area contributed by atoms with Crippen LogP contribution in [0.1, 0.15) is 27.6 Å². The van der Waals surface area contributed by atoms with Crippen molar-refractivity contribution in [3.63, 3.8) is 0 Å². The van der Waals surface area contributed by atoms with E-state index in [1.807, 2.05) is 30.3 Å². The fraction of sp³-hybridized carbons (Fsp3) is 0.222. The van der Waals surface area contributed by atoms with Crippen LogP contribution in [0, 0.1) is 0 Å². The third-order valence-corrected chi connectivity index (χ3v) is 4.60. The van der Waals surface area contributed by atoms with Gasteiger partial charge in [-0.2, -0.15) is 0 Å². The molecule has 0 aliphatic carbocycles. The van der Waals surface area contributed by atoms with E-state index in [4.69, 9.17) is 4.74 Å². The second-order valence-corrected chi connectivity index (χ2v) is 6.13. The van der Waals surface area contributed by atoms with Gasteiger partial charge in [0.15, 0.2) is 5.78 Å². The molecule has 0 saturated carbocycles. The zero-order valence-electron chi connectivity index (χ0n) is 12.7. The number of ketones is 1. The molecule has 0 saturated heterocycles. The normalized spacial score (nSPS) is 11.7. The molecule has 0 unspecified atom stereocenters. The maximum absolute atomic E-state index is 12.4. The van der Waals surface area contributed by atoms with Gasteiger partial charge < -0.3 is 14.6 Å². The van der Waals surface area contributed by atoms with Crippen LogP contribution in [0.5, 0.6) is 5.75 Å². The summed E-state index contributed by atoms with van der Waals surface area (Å²) in [7, 11) is 1.58. The van der Waals surface area contributed by atoms with Crippen molar-refractivity contribution < 1.29 is 19.4 Å². The molecule has 0 aliphatic rings. The van der Waals surface area contributed by atoms with Crippen molar-refractivity contribution in [1.29, 1.82) is 0 Å². The van der Waals surface area contributed by atoms with E-state index in [-0.39, 0.29) is 23.2 Å². The Morgan fingerprint density at radius 3 is 2.30 bits per heavy atom. The molecule has 120 valence electrons. The Morgan fingerprint density at radius 1 is 1.09 bits per heavy atom. The average Bonchev–Trinajstić information content (AvgIpc) is 2.59. The van der Waals surface area contributed by atoms with Gasteiger partial charge in [-0.1, -0.05) is 42.5 Å². The molecular weight excluding hydrogens is 312 g/mol. The quantitative estimate of drug-likeness (QED) is 0.696. The first-order valence-corrected chi connectivity index (χ1v) is 8.18. The topological polar surface area (TPSA) is 66.4 Å². The Labute approximate surface area is 139 Å². The SMILES string of the molecule is COc1ccc([C@H](CC(=O)c2ccccc2)SCC(=O)[O-])cc1. The number of methoxy groups -OCH3 is 1. The lowest BCUT2D eigenvalue weighted by molar-refractivity contribution is -0.301. The zero-order valence-corrected chi connectivity index (χ0v) is 13.5. The number of carbonyl (C=O) groups excluding carboxylic acids is 2. The molecule has 0 spiro atoms. The number of Topliss-reactive ketones (excluding diaryl/α,β-unsaturated/α-hetero) is 1. The first-order chi connectivity index (χ1) is 11.1. The number of carbonyl (C=O) groups is 2. The molecule has 1 atom stereocenters. The standard InChI is InChI=1S/C18H18O4S/c1-22-15-9-7-14(8-10-15)17(23-12-18(20)21)11-16(19)13-5-3-2-4-6-13/h2-10,17H,11-12H2,1H3,(H,20,21)/p-1/t17-/m0/s1. The Balaban J connectivity index is 2.15. The van der Waals surface area contributed by atoms with Crippen molar-refractivity contribution in [2.24, 2.45) is 0 Å². The number of hydrogen-bond acceptors (Lipinski definition) is 5. The van der Waals surface area contributed by atoms with Crippen LogP contribution < -0.4 is 9.84 Å². The Hall–Kier alpha value is -2.27. The molecule has 2 aromatic carbocycles. The summed E-state index contributed by atoms with van der Waals surface area (Å²) in [5.74, 6) is -0.594. The van der Waals surface area contributed by atoms with Gasteiger partial charge in [-0.05, 0) is 17.7 Å². The summed E-state index contributed by atoms with van der Waals surface area (Å²) in [6, 6.07) is 16.3. The minimum Gasteiger partial charge on any atom is -0.549 e. The molecule has 5 heteroatoms. The molecular formula is C18H17O4S-. The molecule has 0 heterocycles. The van der Waals surface area contributed by atoms with E-state index in [2.05, 4.69) is 0 Å². The van der Waals surface area contributed by atoms with E-state index in [0.29, 0.717) is 11.3 Å². The molecule has 0 aromatic heterocycles. The molecule has 0 radical (unpaired) electrons. The molecule has 0 fully saturated rings. The second-order valence-electron chi connectivity index (χ2n) is 4.94. The highest BCUT2D eigenvalue weighted by molar-refractivity contribution is 8.00. The third-order valence-electron chi connectivity index (χ3n) is 3.36. The number of thioether (sulfide) groups is 1. The first-order valence-electron chi connectivity index (χ1n) is 7.14. The maximum Gasteiger partial charge on any atom is 0.164 e. The van der Waals surface area contributed by atoms with E-state index in [0.717, 1.165) is 5.56 Å². The molecule has 0 aliphatic heterocycles. The smallest absolute Gasteiger partial charge is 0.164 e. The van der Waals surface area contributed by atoms with Crippen molar-refractivity contribution in [1.82, 2.24) is 0 Å². The number of ether oxygens (including phenoxy) is 1. The van der Waals surface area contributed by atoms with Gasteiger partial charge in [0, 0.05) is 23.0 Å². The summed E-state index contributed by atoms with van der Waals surface area (Å²) in [5.41, 5.74) is 1.52. The van der Waals surface area contributed by atoms with Crippen molar-refractivity contribution in [2.75, 3.05) is 12.9 Å². The number of carboxylic acid groups (broad SMARTS) is 1. The van der Waals surface area contributed by atoms with Crippen molar-refractivity contribution in [3.8, 4) is 5.75 Å². The van der Waals surface area contributed by atoms with Crippen LogP contribution in [0.25, 0.3) is 0 Å². The summed E-state index contributed by atoms with van der Waals surface area (Å²) in [5, 5.41) is 10.5. The van der Waals surface area contributed by atoms with Crippen LogP contribution in [0.4, 0.5) is 0 Å². The van der Waals surface area contributed by atoms with E-state index < -0.39 is 5.97 Å². The lowest BCUT2D eigenvalue weighted by Crippen LogP contribution is -2.25. The molecule has 2 rings (SSSR count). The average molecular weight is 329 g/mol. The van der Waals surface area contributed by atoms with Gasteiger partial charge in [-0.3, -0.25) is 4.79 Å². The summed E-state index contributed by atoms with van der Waals surface area (Å²) in [4.78, 5) is 23.1. The number of aliphatic carboxylic acids is 1. The van der Waals surface area contributed by atoms with Crippen LogP contribution in [-0.4, -0.2) is 24.6 Å². The fourth-order valence-electron chi connectivity index (χ4n) is 2.17. The number of rotatable bonds is 8. The van der Waals surface area contributed by atoms with Crippen LogP contribution in [0.3, 0.4) is 0 Å². The van der Waals surface area contributed by atoms with Crippen LogP contribution in [0.15, 0.2) is 54.6 Å². The van der Waals surface area contributed by atoms with Crippen molar-refractivity contribution in [2.45, 2.75) is 11.7 Å². The van der Waals surface area contributed by atoms with E-state index >= 15 is 0 Å². The van der Waals surface area contributed by atoms with Crippen molar-refractivity contribution in [3.05, 3.63) is 65.7 Å². The van der Waals surface area contributed by atoms with Gasteiger partial charge in [0.05, 0.1) is 13.1 Å². The van der Waals surface area contributed by atoms with E-state index in [1.54, 1.807) is 31.4 Å². The van der Waals surface area contributed by atoms with Crippen molar-refractivity contribution >= 4 is 23.5 Å². The molecule has 0 amide bonds. The van der Waals surface area contributed by atoms with Gasteiger partial charge in [0.25, 0.3) is 0 Å². The van der Waals surface area contributed by atoms with Gasteiger partial charge in [-0.15, -0.1) is 11.8 Å². The number of carboxylic acids is 1. The molecule has 0 bridgehead atoms. The van der Waals surface area contributed by atoms with Crippen LogP contribution in [0.2, 0.25) is 0 Å². The zero-order chi connectivity index (χ0) is 16.7. The highest BCUT2D eigenvalue weighted by atomic mass is 32.2. The van der Waals surface area contributed by atoms with E-state index in [1.165, 1.54) is 11.8 Å². The minimum atomic E-state index is -1.14. The number of hydrogen-bond donors (Lipinski definition) is 0. The summed E-state index contributed by atoms with van der Waals surface area (Å²) >= 11 is 1.20. The lowest BCUT2D eigenvalue weighted by atomic mass is 10.0. The lowest BCUT2D eigenvalue weighted by Gasteiger charge is -2.17. The predicted octanol–water partition coefficient (Wildman–Crippen LogP) is 2.49. The number of benzene rings is 2. The minimum absolute atomic E-state index is 0.0164. The highest BCUT2D eigenvalue weighted by Crippen LogP contribution is 2.34. The summed E-state index contributed by atoms with van der Waals surface area (Å²) in [6.07, 6.45) is 0.230. The van der Waals surface area contributed by atoms with Gasteiger partial charge in [0.2, 0.25) is 0 Å². The third kappa shape index (κ3) is 5.14. The van der Waals surface area contributed by atoms with Gasteiger partial charge >= 0.3 is 0 Å². The van der Waals surface area contributed by atoms with Gasteiger partial charge in [-0.25, -0.2) is 0 Å². The first kappa shape index (κ1) is 17.1. The maximum atomic E-state index is 12.4. The largest absolute Gasteiger partial charge is 0.549 e. The van der Waals surface area contributed by atoms with Crippen LogP contribution >= 0.6 is 11.8 Å².